The monoisotopic (exact) mass is 947 g/mol. The van der Waals surface area contributed by atoms with Crippen molar-refractivity contribution in [3.05, 3.63) is 119 Å². The van der Waals surface area contributed by atoms with Gasteiger partial charge in [0.15, 0.2) is 35.2 Å². The molecule has 15 nitrogen and oxygen atoms in total. The molecule has 4 saturated heterocycles. The molecule has 1 spiro atoms. The minimum absolute atomic E-state index is 0.134. The van der Waals surface area contributed by atoms with Gasteiger partial charge >= 0.3 is 17.9 Å². The zero-order valence-corrected chi connectivity index (χ0v) is 40.9. The molecule has 4 bridgehead atoms. The van der Waals surface area contributed by atoms with Crippen LogP contribution in [0, 0.1) is 16.7 Å². The van der Waals surface area contributed by atoms with Gasteiger partial charge in [0.2, 0.25) is 0 Å². The molecule has 0 radical (unpaired) electrons. The van der Waals surface area contributed by atoms with E-state index in [4.69, 9.17) is 42.6 Å². The van der Waals surface area contributed by atoms with E-state index in [1.165, 1.54) is 6.92 Å². The minimum atomic E-state index is -1.84. The Balaban J connectivity index is 1.20. The van der Waals surface area contributed by atoms with E-state index >= 15 is 9.59 Å². The summed E-state index contributed by atoms with van der Waals surface area (Å²) in [6.45, 7) is 18.9. The van der Waals surface area contributed by atoms with Gasteiger partial charge in [-0.05, 0) is 96.4 Å². The van der Waals surface area contributed by atoms with Crippen molar-refractivity contribution in [2.45, 2.75) is 160 Å². The number of ketones is 1. The molecule has 2 saturated carbocycles. The van der Waals surface area contributed by atoms with E-state index in [1.807, 2.05) is 50.2 Å². The average molecular weight is 948 g/mol. The van der Waals surface area contributed by atoms with Gasteiger partial charge in [0.05, 0.1) is 35.6 Å². The van der Waals surface area contributed by atoms with Crippen LogP contribution in [0.4, 0.5) is 0 Å². The lowest BCUT2D eigenvalue weighted by molar-refractivity contribution is -0.356. The first-order chi connectivity index (χ1) is 32.4. The second-order valence-corrected chi connectivity index (χ2v) is 21.7. The summed E-state index contributed by atoms with van der Waals surface area (Å²) in [5, 5.41) is 0. The third-order valence-corrected chi connectivity index (χ3v) is 15.9. The number of esters is 3. The van der Waals surface area contributed by atoms with Crippen molar-refractivity contribution >= 4 is 29.6 Å². The van der Waals surface area contributed by atoms with Gasteiger partial charge < -0.3 is 47.5 Å². The topological polar surface area (TPSA) is 172 Å². The van der Waals surface area contributed by atoms with Gasteiger partial charge in [0.1, 0.15) is 35.7 Å². The van der Waals surface area contributed by atoms with Crippen molar-refractivity contribution in [1.82, 2.24) is 4.90 Å². The molecule has 15 heteroatoms. The molecule has 12 atom stereocenters. The second-order valence-electron chi connectivity index (χ2n) is 21.7. The number of hydrogen-bond acceptors (Lipinski definition) is 14. The number of carbonyl (C=O) groups excluding carboxylic acids is 5. The van der Waals surface area contributed by atoms with Crippen molar-refractivity contribution in [1.29, 1.82) is 0 Å². The smallest absolute Gasteiger partial charge is 0.338 e. The summed E-state index contributed by atoms with van der Waals surface area (Å²) in [6, 6.07) is 25.4. The Morgan fingerprint density at radius 1 is 0.710 bits per heavy atom. The summed E-state index contributed by atoms with van der Waals surface area (Å²) < 4.78 is 61.4. The fraction of sp³-hybridized carbons (Fsp3) is 0.537. The van der Waals surface area contributed by atoms with E-state index < -0.39 is 118 Å². The van der Waals surface area contributed by atoms with Crippen LogP contribution >= 0.6 is 0 Å². The molecule has 3 aliphatic carbocycles. The summed E-state index contributed by atoms with van der Waals surface area (Å²) in [5.74, 6) is -7.04. The lowest BCUT2D eigenvalue weighted by Crippen LogP contribution is -2.83. The molecule has 10 rings (SSSR count). The van der Waals surface area contributed by atoms with Crippen LogP contribution in [-0.4, -0.2) is 112 Å². The van der Waals surface area contributed by atoms with Crippen molar-refractivity contribution < 1.29 is 66.6 Å². The third kappa shape index (κ3) is 6.92. The van der Waals surface area contributed by atoms with Gasteiger partial charge in [-0.15, -0.1) is 0 Å². The van der Waals surface area contributed by atoms with Crippen LogP contribution in [0.3, 0.4) is 0 Å². The number of Topliss-reactive ketones (excluding diaryl/α,β-unsaturated/α-hetero) is 1. The Morgan fingerprint density at radius 2 is 1.32 bits per heavy atom. The molecule has 0 aromatic heterocycles. The molecule has 6 fully saturated rings. The normalized spacial score (nSPS) is 37.4. The van der Waals surface area contributed by atoms with Crippen LogP contribution in [-0.2, 0) is 57.0 Å². The Bertz CT molecular complexity index is 2630. The highest BCUT2D eigenvalue weighted by Gasteiger charge is 2.83. The van der Waals surface area contributed by atoms with Crippen LogP contribution in [0.5, 0.6) is 0 Å². The molecule has 3 aromatic rings. The fourth-order valence-electron chi connectivity index (χ4n) is 13.2. The maximum Gasteiger partial charge on any atom is 0.338 e. The summed E-state index contributed by atoms with van der Waals surface area (Å²) in [5.41, 5.74) is -5.57. The molecule has 3 aromatic carbocycles. The highest BCUT2D eigenvalue weighted by molar-refractivity contribution is 5.96. The van der Waals surface area contributed by atoms with Gasteiger partial charge in [-0.2, -0.15) is 0 Å². The number of fused-ring (bicyclic) bond motifs is 5. The predicted molar refractivity (Wildman–Crippen MR) is 245 cm³/mol. The number of nitrogens with zero attached hydrogens (tertiary/aromatic N) is 1. The van der Waals surface area contributed by atoms with Crippen LogP contribution in [0.25, 0.3) is 0 Å². The Kier molecular flexibility index (Phi) is 10.9. The van der Waals surface area contributed by atoms with Crippen LogP contribution in [0.2, 0.25) is 0 Å². The van der Waals surface area contributed by atoms with Crippen LogP contribution < -0.4 is 0 Å². The summed E-state index contributed by atoms with van der Waals surface area (Å²) >= 11 is 0. The van der Waals surface area contributed by atoms with E-state index in [-0.39, 0.29) is 24.5 Å². The summed E-state index contributed by atoms with van der Waals surface area (Å²) in [7, 11) is 0. The van der Waals surface area contributed by atoms with Crippen LogP contribution in [0.15, 0.2) is 102 Å². The van der Waals surface area contributed by atoms with Crippen molar-refractivity contribution in [2.75, 3.05) is 6.61 Å². The first-order valence-electron chi connectivity index (χ1n) is 23.8. The van der Waals surface area contributed by atoms with Gasteiger partial charge in [-0.1, -0.05) is 80.6 Å². The van der Waals surface area contributed by atoms with E-state index in [2.05, 4.69) is 0 Å². The molecular weight excluding hydrogens is 887 g/mol. The van der Waals surface area contributed by atoms with E-state index in [1.54, 1.807) is 115 Å². The molecule has 69 heavy (non-hydrogen) atoms. The highest BCUT2D eigenvalue weighted by atomic mass is 16.8. The van der Waals surface area contributed by atoms with Gasteiger partial charge in [0.25, 0.3) is 5.91 Å². The number of rotatable bonds is 7. The van der Waals surface area contributed by atoms with Crippen molar-refractivity contribution in [3.63, 3.8) is 0 Å². The number of amides is 1. The van der Waals surface area contributed by atoms with Crippen LogP contribution in [0.1, 0.15) is 115 Å². The standard InChI is InChI=1S/C54H61NO14/c1-29-36-39-42(57)52(11)34(65-50(7,8)67-39)27-35-53(28-61-35,64-30(2)56)41(52)44(63-46(59)33-25-19-14-20-26-33)54(48(36,3)4)43(68-51(9,10)69-54)38(29)62-47(60)40-37(31-21-15-12-16-22-31)55(49(5,6)66-40)45(58)32-23-17-13-18-24-32/h12-26,34-35,37-41,43-44H,27-28H2,1-11H3/t34-,35+,37-,38+,39+,40+,41-,43-,44-,52+,53-,54+/m0/s1. The molecule has 0 N–H and O–H groups in total. The number of ether oxygens (including phenoxy) is 9. The molecular formula is C54H61NO14. The molecule has 366 valence electrons. The SMILES string of the molecule is CC(=O)O[C@@]12CO[C@@H]1C[C@@H]1OC(C)(C)O[C@H]3C(=O)[C@@]1(C)[C@@H]2[C@H](OC(=O)c1ccccc1)[C@]12OC(C)(C)O[C@H]1[C@H](OC(=O)[C@@H]1OC(C)(C)N(C(=O)c4ccccc4)[C@H]1c1ccccc1)C(C)=C3C2(C)C. The lowest BCUT2D eigenvalue weighted by atomic mass is 9.44. The first kappa shape index (κ1) is 47.4. The van der Waals surface area contributed by atoms with Gasteiger partial charge in [-0.3, -0.25) is 14.4 Å². The summed E-state index contributed by atoms with van der Waals surface area (Å²) in [4.78, 5) is 76.2. The number of hydrogen-bond donors (Lipinski definition) is 0. The third-order valence-electron chi connectivity index (χ3n) is 15.9. The minimum Gasteiger partial charge on any atom is -0.455 e. The van der Waals surface area contributed by atoms with E-state index in [0.29, 0.717) is 22.3 Å². The van der Waals surface area contributed by atoms with Crippen molar-refractivity contribution in [2.24, 2.45) is 16.7 Å². The Labute approximate surface area is 402 Å². The summed E-state index contributed by atoms with van der Waals surface area (Å²) in [6.07, 6.45) is -8.40. The lowest BCUT2D eigenvalue weighted by Gasteiger charge is -2.67. The zero-order valence-electron chi connectivity index (χ0n) is 40.9. The molecule has 0 unspecified atom stereocenters. The largest absolute Gasteiger partial charge is 0.455 e. The second kappa shape index (κ2) is 15.9. The first-order valence-corrected chi connectivity index (χ1v) is 23.8. The highest BCUT2D eigenvalue weighted by Crippen LogP contribution is 2.69. The van der Waals surface area contributed by atoms with E-state index in [9.17, 15) is 14.4 Å². The molecule has 1 amide bonds. The quantitative estimate of drug-likeness (QED) is 0.132. The number of benzene rings is 3. The molecule has 7 aliphatic rings. The van der Waals surface area contributed by atoms with Gasteiger partial charge in [0, 0.05) is 24.3 Å². The average Bonchev–Trinajstić information content (AvgIpc) is 3.74. The number of carbonyl (C=O) groups is 5. The molecule has 4 heterocycles. The van der Waals surface area contributed by atoms with Gasteiger partial charge in [-0.25, -0.2) is 9.59 Å². The zero-order chi connectivity index (χ0) is 49.4. The fourth-order valence-corrected chi connectivity index (χ4v) is 13.2. The van der Waals surface area contributed by atoms with Crippen molar-refractivity contribution in [3.8, 4) is 0 Å². The maximum atomic E-state index is 16.2. The maximum absolute atomic E-state index is 16.2. The predicted octanol–water partition coefficient (Wildman–Crippen LogP) is 7.22. The Morgan fingerprint density at radius 3 is 1.91 bits per heavy atom. The van der Waals surface area contributed by atoms with E-state index in [0.717, 1.165) is 0 Å². The Hall–Kier alpha value is -5.29. The molecule has 4 aliphatic heterocycles.